The summed E-state index contributed by atoms with van der Waals surface area (Å²) < 4.78 is 5.20. The van der Waals surface area contributed by atoms with Crippen molar-refractivity contribution in [1.29, 1.82) is 0 Å². The molecule has 0 aliphatic heterocycles. The molecule has 1 aliphatic rings. The van der Waals surface area contributed by atoms with Gasteiger partial charge in [-0.05, 0) is 54.7 Å². The highest BCUT2D eigenvalue weighted by molar-refractivity contribution is 7.13. The minimum absolute atomic E-state index is 0.700. The molecule has 4 rings (SSSR count). The molecule has 0 amide bonds. The van der Waals surface area contributed by atoms with Gasteiger partial charge in [0.05, 0.1) is 12.8 Å². The molecule has 1 fully saturated rings. The van der Waals surface area contributed by atoms with E-state index in [1.54, 1.807) is 18.4 Å². The van der Waals surface area contributed by atoms with E-state index in [0.717, 1.165) is 22.0 Å². The van der Waals surface area contributed by atoms with Gasteiger partial charge in [-0.15, -0.1) is 11.3 Å². The van der Waals surface area contributed by atoms with Crippen molar-refractivity contribution < 1.29 is 4.74 Å². The third-order valence-corrected chi connectivity index (χ3v) is 4.87. The molecule has 0 bridgehead atoms. The van der Waals surface area contributed by atoms with E-state index in [4.69, 9.17) is 9.72 Å². The van der Waals surface area contributed by atoms with E-state index in [1.807, 2.05) is 36.7 Å². The Hall–Kier alpha value is -2.20. The molecule has 4 heteroatoms. The Kier molecular flexibility index (Phi) is 3.39. The Balaban J connectivity index is 1.69. The highest BCUT2D eigenvalue weighted by atomic mass is 32.1. The van der Waals surface area contributed by atoms with Gasteiger partial charge in [-0.25, -0.2) is 4.98 Å². The largest absolute Gasteiger partial charge is 0.497 e. The van der Waals surface area contributed by atoms with Crippen molar-refractivity contribution in [3.05, 3.63) is 53.7 Å². The highest BCUT2D eigenvalue weighted by Crippen LogP contribution is 2.44. The van der Waals surface area contributed by atoms with Crippen LogP contribution in [-0.4, -0.2) is 17.1 Å². The molecular formula is C18H16N2OS. The van der Waals surface area contributed by atoms with Crippen LogP contribution < -0.4 is 4.74 Å². The Morgan fingerprint density at radius 2 is 1.95 bits per heavy atom. The second kappa shape index (κ2) is 5.54. The van der Waals surface area contributed by atoms with E-state index in [2.05, 4.69) is 16.4 Å². The molecule has 2 heterocycles. The molecule has 0 radical (unpaired) electrons. The number of thiazole rings is 1. The number of hydrogen-bond donors (Lipinski definition) is 0. The van der Waals surface area contributed by atoms with Crippen LogP contribution >= 0.6 is 11.3 Å². The lowest BCUT2D eigenvalue weighted by molar-refractivity contribution is 0.415. The van der Waals surface area contributed by atoms with E-state index in [9.17, 15) is 0 Å². The summed E-state index contributed by atoms with van der Waals surface area (Å²) in [7, 11) is 1.68. The van der Waals surface area contributed by atoms with Crippen LogP contribution in [0.5, 0.6) is 5.75 Å². The van der Waals surface area contributed by atoms with Crippen molar-refractivity contribution in [2.45, 2.75) is 18.8 Å². The molecule has 22 heavy (non-hydrogen) atoms. The lowest BCUT2D eigenvalue weighted by Crippen LogP contribution is -1.88. The van der Waals surface area contributed by atoms with Crippen LogP contribution in [0.15, 0.2) is 48.1 Å². The fraction of sp³-hybridized carbons (Fsp3) is 0.222. The average molecular weight is 308 g/mol. The molecule has 0 saturated heterocycles. The zero-order valence-electron chi connectivity index (χ0n) is 12.3. The topological polar surface area (TPSA) is 35.0 Å². The Labute approximate surface area is 133 Å². The monoisotopic (exact) mass is 308 g/mol. The summed E-state index contributed by atoms with van der Waals surface area (Å²) >= 11 is 1.68. The molecule has 0 N–H and O–H groups in total. The maximum absolute atomic E-state index is 5.20. The Bertz CT molecular complexity index is 791. The van der Waals surface area contributed by atoms with Crippen molar-refractivity contribution in [1.82, 2.24) is 9.97 Å². The van der Waals surface area contributed by atoms with E-state index in [0.29, 0.717) is 5.92 Å². The summed E-state index contributed by atoms with van der Waals surface area (Å²) in [4.78, 5) is 9.10. The van der Waals surface area contributed by atoms with E-state index < -0.39 is 0 Å². The molecule has 2 aromatic heterocycles. The lowest BCUT2D eigenvalue weighted by atomic mass is 10.1. The molecule has 1 saturated carbocycles. The quantitative estimate of drug-likeness (QED) is 0.697. The summed E-state index contributed by atoms with van der Waals surface area (Å²) in [5.74, 6) is 1.56. The third kappa shape index (κ3) is 2.50. The van der Waals surface area contributed by atoms with Gasteiger partial charge >= 0.3 is 0 Å². The molecule has 3 nitrogen and oxygen atoms in total. The minimum Gasteiger partial charge on any atom is -0.497 e. The van der Waals surface area contributed by atoms with E-state index in [1.165, 1.54) is 24.0 Å². The number of hydrogen-bond acceptors (Lipinski definition) is 4. The van der Waals surface area contributed by atoms with Crippen molar-refractivity contribution in [3.63, 3.8) is 0 Å². The molecule has 1 aromatic carbocycles. The van der Waals surface area contributed by atoms with E-state index in [-0.39, 0.29) is 0 Å². The van der Waals surface area contributed by atoms with Crippen LogP contribution in [0.25, 0.3) is 21.8 Å². The van der Waals surface area contributed by atoms with Gasteiger partial charge in [0, 0.05) is 28.9 Å². The van der Waals surface area contributed by atoms with Gasteiger partial charge in [0.1, 0.15) is 10.8 Å². The van der Waals surface area contributed by atoms with Crippen molar-refractivity contribution in [2.24, 2.45) is 0 Å². The summed E-state index contributed by atoms with van der Waals surface area (Å²) in [5, 5.41) is 3.17. The Morgan fingerprint density at radius 3 is 2.68 bits per heavy atom. The summed E-state index contributed by atoms with van der Waals surface area (Å²) in [6.45, 7) is 0. The van der Waals surface area contributed by atoms with Gasteiger partial charge in [-0.3, -0.25) is 4.98 Å². The standard InChI is InChI=1S/C18H16N2OS/c1-21-14-6-4-13(5-7-14)17-11-22-18(20-17)16-10-19-9-8-15(16)12-2-3-12/h4-12H,2-3H2,1H3. The number of aromatic nitrogens is 2. The maximum Gasteiger partial charge on any atom is 0.125 e. The molecule has 0 unspecified atom stereocenters. The lowest BCUT2D eigenvalue weighted by Gasteiger charge is -2.04. The fourth-order valence-electron chi connectivity index (χ4n) is 2.63. The number of methoxy groups -OCH3 is 1. The van der Waals surface area contributed by atoms with Crippen LogP contribution in [0.2, 0.25) is 0 Å². The van der Waals surface area contributed by atoms with Gasteiger partial charge in [0.25, 0.3) is 0 Å². The Morgan fingerprint density at radius 1 is 1.14 bits per heavy atom. The average Bonchev–Trinajstić information content (AvgIpc) is 3.32. The predicted molar refractivity (Wildman–Crippen MR) is 89.3 cm³/mol. The second-order valence-corrected chi connectivity index (χ2v) is 6.36. The van der Waals surface area contributed by atoms with Crippen LogP contribution in [0.3, 0.4) is 0 Å². The van der Waals surface area contributed by atoms with Crippen molar-refractivity contribution in [3.8, 4) is 27.6 Å². The number of ether oxygens (including phenoxy) is 1. The number of benzene rings is 1. The zero-order chi connectivity index (χ0) is 14.9. The first-order chi connectivity index (χ1) is 10.8. The molecule has 1 aliphatic carbocycles. The molecule has 110 valence electrons. The zero-order valence-corrected chi connectivity index (χ0v) is 13.1. The smallest absolute Gasteiger partial charge is 0.125 e. The first kappa shape index (κ1) is 13.5. The molecular weight excluding hydrogens is 292 g/mol. The summed E-state index contributed by atoms with van der Waals surface area (Å²) in [6.07, 6.45) is 6.40. The van der Waals surface area contributed by atoms with Gasteiger partial charge in [0.2, 0.25) is 0 Å². The van der Waals surface area contributed by atoms with Gasteiger partial charge in [-0.2, -0.15) is 0 Å². The molecule has 0 atom stereocenters. The van der Waals surface area contributed by atoms with Crippen molar-refractivity contribution in [2.75, 3.05) is 7.11 Å². The number of pyridine rings is 1. The highest BCUT2D eigenvalue weighted by Gasteiger charge is 2.27. The predicted octanol–water partition coefficient (Wildman–Crippen LogP) is 4.76. The second-order valence-electron chi connectivity index (χ2n) is 5.50. The van der Waals surface area contributed by atoms with Crippen molar-refractivity contribution >= 4 is 11.3 Å². The first-order valence-electron chi connectivity index (χ1n) is 7.39. The maximum atomic E-state index is 5.20. The van der Waals surface area contributed by atoms with Crippen LogP contribution in [0.1, 0.15) is 24.3 Å². The normalized spacial score (nSPS) is 14.0. The van der Waals surface area contributed by atoms with Gasteiger partial charge in [-0.1, -0.05) is 0 Å². The summed E-state index contributed by atoms with van der Waals surface area (Å²) in [6, 6.07) is 10.2. The fourth-order valence-corrected chi connectivity index (χ4v) is 3.49. The van der Waals surface area contributed by atoms with Gasteiger partial charge < -0.3 is 4.74 Å². The van der Waals surface area contributed by atoms with E-state index >= 15 is 0 Å². The van der Waals surface area contributed by atoms with Crippen LogP contribution in [0, 0.1) is 0 Å². The van der Waals surface area contributed by atoms with Crippen LogP contribution in [0.4, 0.5) is 0 Å². The number of nitrogens with zero attached hydrogens (tertiary/aromatic N) is 2. The van der Waals surface area contributed by atoms with Gasteiger partial charge in [0.15, 0.2) is 0 Å². The molecule has 0 spiro atoms. The third-order valence-electron chi connectivity index (χ3n) is 3.99. The number of rotatable bonds is 4. The summed E-state index contributed by atoms with van der Waals surface area (Å²) in [5.41, 5.74) is 4.70. The van der Waals surface area contributed by atoms with Crippen LogP contribution in [-0.2, 0) is 0 Å². The first-order valence-corrected chi connectivity index (χ1v) is 8.27. The minimum atomic E-state index is 0.700. The molecule has 3 aromatic rings. The SMILES string of the molecule is COc1ccc(-c2csc(-c3cnccc3C3CC3)n2)cc1.